The number of anilines is 1. The van der Waals surface area contributed by atoms with Gasteiger partial charge in [-0.25, -0.2) is 9.97 Å². The number of hydrogen-bond acceptors (Lipinski definition) is 13. The minimum atomic E-state index is -0.999. The fourth-order valence-corrected chi connectivity index (χ4v) is 10.4. The van der Waals surface area contributed by atoms with Crippen LogP contribution in [0, 0.1) is 22.7 Å². The van der Waals surface area contributed by atoms with E-state index in [1.807, 2.05) is 0 Å². The summed E-state index contributed by atoms with van der Waals surface area (Å²) in [5.41, 5.74) is 1.53. The third kappa shape index (κ3) is 8.05. The summed E-state index contributed by atoms with van der Waals surface area (Å²) in [6.07, 6.45) is 10.7. The Bertz CT molecular complexity index is 2300. The molecular weight excluding hydrogens is 793 g/mol. The normalized spacial score (nSPS) is 25.4. The Morgan fingerprint density at radius 1 is 0.935 bits per heavy atom. The fraction of sp³-hybridized carbons (Fsp3) is 0.522. The molecule has 16 nitrogen and oxygen atoms in total. The lowest BCUT2D eigenvalue weighted by Gasteiger charge is -2.60. The molecule has 4 heterocycles. The number of nitrogens with one attached hydrogen (secondary N) is 2. The summed E-state index contributed by atoms with van der Waals surface area (Å²) in [6, 6.07) is 12.1. The van der Waals surface area contributed by atoms with Crippen LogP contribution in [-0.2, 0) is 9.59 Å². The SMILES string of the molecule is COc1cc(OC2CCC(NC(=O)c3cnc(N4CC5(CC(CN(C(C)C)C6CC(Oc7ccc8c(c7)C(=O)N([C@@H]7CCC(=O)NC7=O)C8=O)C6)C5)C4)cn3)CC2)ccc1C#N. The zero-order chi connectivity index (χ0) is 43.3. The lowest BCUT2D eigenvalue weighted by Crippen LogP contribution is -2.64. The van der Waals surface area contributed by atoms with Crippen molar-refractivity contribution in [3.05, 3.63) is 71.2 Å². The highest BCUT2D eigenvalue weighted by atomic mass is 16.5. The number of methoxy groups -OCH3 is 1. The predicted octanol–water partition coefficient (Wildman–Crippen LogP) is 4.41. The molecule has 3 aromatic rings. The van der Waals surface area contributed by atoms with Crippen LogP contribution in [0.25, 0.3) is 0 Å². The summed E-state index contributed by atoms with van der Waals surface area (Å²) < 4.78 is 17.7. The Labute approximate surface area is 360 Å². The van der Waals surface area contributed by atoms with Gasteiger partial charge in [0.1, 0.15) is 47.0 Å². The van der Waals surface area contributed by atoms with Gasteiger partial charge in [0.05, 0.1) is 42.3 Å². The number of amides is 5. The van der Waals surface area contributed by atoms with Crippen molar-refractivity contribution in [3.63, 3.8) is 0 Å². The number of benzene rings is 2. The molecule has 62 heavy (non-hydrogen) atoms. The lowest BCUT2D eigenvalue weighted by atomic mass is 9.57. The maximum atomic E-state index is 13.3. The first-order chi connectivity index (χ1) is 29.9. The molecule has 0 unspecified atom stereocenters. The second kappa shape index (κ2) is 16.7. The number of carbonyl (C=O) groups excluding carboxylic acids is 5. The van der Waals surface area contributed by atoms with Gasteiger partial charge in [-0.2, -0.15) is 5.26 Å². The Kier molecular flexibility index (Phi) is 11.1. The second-order valence-corrected chi connectivity index (χ2v) is 18.2. The number of fused-ring (bicyclic) bond motifs is 1. The average molecular weight is 845 g/mol. The molecule has 2 aromatic carbocycles. The highest BCUT2D eigenvalue weighted by Gasteiger charge is 2.53. The third-order valence-corrected chi connectivity index (χ3v) is 13.7. The van der Waals surface area contributed by atoms with Gasteiger partial charge in [-0.05, 0) is 95.0 Å². The summed E-state index contributed by atoms with van der Waals surface area (Å²) in [4.78, 5) is 78.4. The molecule has 1 aromatic heterocycles. The number of imide groups is 2. The van der Waals surface area contributed by atoms with Gasteiger partial charge in [0.15, 0.2) is 0 Å². The summed E-state index contributed by atoms with van der Waals surface area (Å²) in [6.45, 7) is 7.39. The van der Waals surface area contributed by atoms with Crippen LogP contribution in [0.15, 0.2) is 48.8 Å². The fourth-order valence-electron chi connectivity index (χ4n) is 10.4. The van der Waals surface area contributed by atoms with Crippen LogP contribution >= 0.6 is 0 Å². The molecule has 1 atom stereocenters. The molecular formula is C46H52N8O8. The Morgan fingerprint density at radius 2 is 1.65 bits per heavy atom. The molecule has 0 bridgehead atoms. The zero-order valence-electron chi connectivity index (χ0n) is 35.3. The van der Waals surface area contributed by atoms with Crippen molar-refractivity contribution in [2.75, 3.05) is 31.6 Å². The van der Waals surface area contributed by atoms with Gasteiger partial charge in [-0.1, -0.05) is 0 Å². The molecule has 6 aliphatic rings. The van der Waals surface area contributed by atoms with E-state index in [2.05, 4.69) is 50.3 Å². The van der Waals surface area contributed by atoms with Gasteiger partial charge in [0, 0.05) is 68.5 Å². The monoisotopic (exact) mass is 844 g/mol. The number of piperidine rings is 1. The van der Waals surface area contributed by atoms with E-state index in [-0.39, 0.29) is 48.1 Å². The van der Waals surface area contributed by atoms with Crippen molar-refractivity contribution >= 4 is 35.4 Å². The first-order valence-corrected chi connectivity index (χ1v) is 21.8. The van der Waals surface area contributed by atoms with Crippen molar-refractivity contribution in [1.29, 1.82) is 5.26 Å². The van der Waals surface area contributed by atoms with Crippen molar-refractivity contribution < 1.29 is 38.2 Å². The molecule has 9 rings (SSSR count). The number of ether oxygens (including phenoxy) is 3. The van der Waals surface area contributed by atoms with Crippen LogP contribution < -0.4 is 29.7 Å². The van der Waals surface area contributed by atoms with Gasteiger partial charge in [-0.3, -0.25) is 39.1 Å². The second-order valence-electron chi connectivity index (χ2n) is 18.2. The van der Waals surface area contributed by atoms with Crippen LogP contribution in [0.4, 0.5) is 5.82 Å². The molecule has 2 N–H and O–H groups in total. The maximum Gasteiger partial charge on any atom is 0.271 e. The molecule has 3 aliphatic carbocycles. The van der Waals surface area contributed by atoms with E-state index >= 15 is 0 Å². The van der Waals surface area contributed by atoms with Crippen molar-refractivity contribution in [3.8, 4) is 23.3 Å². The Hall–Kier alpha value is -6.08. The largest absolute Gasteiger partial charge is 0.495 e. The van der Waals surface area contributed by atoms with E-state index in [1.165, 1.54) is 20.0 Å². The summed E-state index contributed by atoms with van der Waals surface area (Å²) >= 11 is 0. The molecule has 3 aliphatic heterocycles. The summed E-state index contributed by atoms with van der Waals surface area (Å²) in [7, 11) is 1.53. The maximum absolute atomic E-state index is 13.3. The molecule has 5 amide bonds. The van der Waals surface area contributed by atoms with E-state index in [1.54, 1.807) is 48.8 Å². The molecule has 3 saturated carbocycles. The molecule has 5 fully saturated rings. The van der Waals surface area contributed by atoms with Gasteiger partial charge in [0.2, 0.25) is 11.8 Å². The van der Waals surface area contributed by atoms with Crippen molar-refractivity contribution in [2.24, 2.45) is 11.3 Å². The number of nitrogens with zero attached hydrogens (tertiary/aromatic N) is 6. The third-order valence-electron chi connectivity index (χ3n) is 13.7. The van der Waals surface area contributed by atoms with E-state index < -0.39 is 29.7 Å². The van der Waals surface area contributed by atoms with Gasteiger partial charge >= 0.3 is 0 Å². The minimum absolute atomic E-state index is 0.00265. The van der Waals surface area contributed by atoms with E-state index in [0.29, 0.717) is 51.9 Å². The molecule has 0 radical (unpaired) electrons. The predicted molar refractivity (Wildman–Crippen MR) is 224 cm³/mol. The van der Waals surface area contributed by atoms with E-state index in [0.717, 1.165) is 68.9 Å². The summed E-state index contributed by atoms with van der Waals surface area (Å²) in [5.74, 6) is 0.775. The van der Waals surface area contributed by atoms with Crippen LogP contribution in [0.5, 0.6) is 17.2 Å². The van der Waals surface area contributed by atoms with Crippen LogP contribution in [0.2, 0.25) is 0 Å². The van der Waals surface area contributed by atoms with Gasteiger partial charge < -0.3 is 24.4 Å². The number of aromatic nitrogens is 2. The Balaban J connectivity index is 0.690. The smallest absolute Gasteiger partial charge is 0.271 e. The minimum Gasteiger partial charge on any atom is -0.495 e. The number of nitriles is 1. The molecule has 324 valence electrons. The highest BCUT2D eigenvalue weighted by Crippen LogP contribution is 2.53. The molecule has 16 heteroatoms. The van der Waals surface area contributed by atoms with Crippen molar-refractivity contribution in [1.82, 2.24) is 30.4 Å². The zero-order valence-corrected chi connectivity index (χ0v) is 35.3. The molecule has 2 saturated heterocycles. The average Bonchev–Trinajstić information content (AvgIpc) is 3.46. The first-order valence-electron chi connectivity index (χ1n) is 21.8. The Morgan fingerprint density at radius 3 is 2.32 bits per heavy atom. The van der Waals surface area contributed by atoms with Gasteiger partial charge in [-0.15, -0.1) is 0 Å². The van der Waals surface area contributed by atoms with Crippen LogP contribution in [-0.4, -0.2) is 112 Å². The quantitative estimate of drug-likeness (QED) is 0.230. The number of rotatable bonds is 13. The summed E-state index contributed by atoms with van der Waals surface area (Å²) in [5, 5.41) is 14.6. The number of hydrogen-bond donors (Lipinski definition) is 2. The van der Waals surface area contributed by atoms with Crippen LogP contribution in [0.1, 0.15) is 115 Å². The van der Waals surface area contributed by atoms with Gasteiger partial charge in [0.25, 0.3) is 17.7 Å². The lowest BCUT2D eigenvalue weighted by molar-refractivity contribution is -0.136. The first kappa shape index (κ1) is 41.3. The molecule has 1 spiro atoms. The van der Waals surface area contributed by atoms with E-state index in [4.69, 9.17) is 14.2 Å². The highest BCUT2D eigenvalue weighted by molar-refractivity contribution is 6.23. The topological polar surface area (TPSA) is 196 Å². The van der Waals surface area contributed by atoms with Crippen LogP contribution in [0.3, 0.4) is 0 Å². The van der Waals surface area contributed by atoms with Crippen molar-refractivity contribution in [2.45, 2.75) is 114 Å². The number of carbonyl (C=O) groups is 5. The van der Waals surface area contributed by atoms with E-state index in [9.17, 15) is 29.2 Å². The standard InChI is InChI=1S/C46H52N8O8/c1-26(2)53(30-14-34(15-30)62-32-10-11-35-36(16-32)45(59)54(44(35)58)38-12-13-41(55)51-43(38)57)23-27-18-46(19-27)24-52(25-46)40-22-48-37(21-49-40)42(56)50-29-5-8-31(9-6-29)61-33-7-4-28(20-47)39(17-33)60-3/h4,7,10-11,16-17,21-22,26-27,29-31,34,38H,5-6,8-9,12-15,18-19,23-25H2,1-3H3,(H,50,56)(H,51,55,57)/t29?,30?,31?,34?,38-/m1/s1.